The van der Waals surface area contributed by atoms with Crippen molar-refractivity contribution in [2.45, 2.75) is 52.4 Å². The highest BCUT2D eigenvalue weighted by molar-refractivity contribution is 6.32. The summed E-state index contributed by atoms with van der Waals surface area (Å²) in [6.07, 6.45) is 0. The Kier molecular flexibility index (Phi) is 6.33. The Balaban J connectivity index is 1.08. The predicted molar refractivity (Wildman–Crippen MR) is 384 cm³/mol. The number of anilines is 6. The number of fused-ring (bicyclic) bond motifs is 12. The first kappa shape index (κ1) is 28.0. The summed E-state index contributed by atoms with van der Waals surface area (Å²) in [4.78, 5) is 2.01. The Hall–Kier alpha value is -10.9. The number of para-hydroxylation sites is 4. The van der Waals surface area contributed by atoms with Crippen molar-refractivity contribution in [1.82, 2.24) is 8.80 Å². The highest BCUT2D eigenvalue weighted by atomic mass is 15.2. The molecule has 13 aromatic carbocycles. The van der Waals surface area contributed by atoms with Crippen molar-refractivity contribution in [2.24, 2.45) is 0 Å². The lowest BCUT2D eigenvalue weighted by Gasteiger charge is -2.30. The third-order valence-electron chi connectivity index (χ3n) is 16.7. The van der Waals surface area contributed by atoms with Crippen LogP contribution < -0.4 is 9.80 Å². The van der Waals surface area contributed by atoms with E-state index in [2.05, 4.69) is 0 Å². The smallest absolute Gasteiger partial charge is 0.0645 e. The monoisotopic (exact) mass is 1190 g/mol. The quantitative estimate of drug-likeness (QED) is 0.136. The van der Waals surface area contributed by atoms with Gasteiger partial charge in [-0.2, -0.15) is 0 Å². The van der Waals surface area contributed by atoms with Crippen LogP contribution in [0, 0.1) is 0 Å². The van der Waals surface area contributed by atoms with E-state index in [0.29, 0.717) is 76.5 Å². The molecule has 0 atom stereocenters. The molecule has 0 saturated heterocycles. The molecule has 0 fully saturated rings. The summed E-state index contributed by atoms with van der Waals surface area (Å²) >= 11 is 0. The largest absolute Gasteiger partial charge is 0.309 e. The summed E-state index contributed by atoms with van der Waals surface area (Å²) in [6.45, 7) is 11.6. The second-order valence-electron chi connectivity index (χ2n) is 23.8. The van der Waals surface area contributed by atoms with Gasteiger partial charge in [-0.05, 0) is 117 Å². The van der Waals surface area contributed by atoms with Crippen LogP contribution in [0.15, 0.2) is 290 Å². The van der Waals surface area contributed by atoms with Gasteiger partial charge in [0, 0.05) is 65.3 Å². The predicted octanol–water partition coefficient (Wildman–Crippen LogP) is 24.2. The summed E-state index contributed by atoms with van der Waals surface area (Å²) in [5.74, 6) is 0. The van der Waals surface area contributed by atoms with Gasteiger partial charge in [0.2, 0.25) is 0 Å². The van der Waals surface area contributed by atoms with Crippen LogP contribution in [0.25, 0.3) is 121 Å². The number of benzene rings is 13. The lowest BCUT2D eigenvalue weighted by molar-refractivity contribution is 0.591. The molecule has 0 N–H and O–H groups in total. The van der Waals surface area contributed by atoms with Gasteiger partial charge in [0.25, 0.3) is 0 Å². The molecule has 430 valence electrons. The van der Waals surface area contributed by atoms with Gasteiger partial charge < -0.3 is 18.6 Å². The summed E-state index contributed by atoms with van der Waals surface area (Å²) in [6, 6.07) is -14.1. The number of hydrogen-bond acceptors (Lipinski definition) is 2. The van der Waals surface area contributed by atoms with E-state index in [-0.39, 0.29) is 22.1 Å². The highest BCUT2D eigenvalue weighted by Gasteiger charge is 2.32. The van der Waals surface area contributed by atoms with Crippen LogP contribution >= 0.6 is 0 Å². The zero-order chi connectivity index (χ0) is 91.9. The number of aromatic nitrogens is 2. The van der Waals surface area contributed by atoms with Gasteiger partial charge >= 0.3 is 0 Å². The average molecular weight is 1190 g/mol. The van der Waals surface area contributed by atoms with E-state index < -0.39 is 296 Å². The Morgan fingerprint density at radius 2 is 0.556 bits per heavy atom. The summed E-state index contributed by atoms with van der Waals surface area (Å²) in [5.41, 5.74) is -7.67. The Bertz CT molecular complexity index is 7040. The molecule has 0 unspecified atom stereocenters. The number of rotatable bonds is 10. The van der Waals surface area contributed by atoms with Crippen LogP contribution in [0.3, 0.4) is 0 Å². The van der Waals surface area contributed by atoms with Crippen LogP contribution in [0.4, 0.5) is 34.1 Å². The lowest BCUT2D eigenvalue weighted by atomic mass is 9.86. The molecule has 4 heteroatoms. The molecule has 0 radical (unpaired) electrons. The molecule has 0 aliphatic rings. The molecular weight excluding hydrogens is 1090 g/mol. The van der Waals surface area contributed by atoms with Crippen molar-refractivity contribution >= 4 is 110 Å². The topological polar surface area (TPSA) is 15.3 Å². The first-order valence-electron chi connectivity index (χ1n) is 46.6. The highest BCUT2D eigenvalue weighted by Crippen LogP contribution is 2.55. The van der Waals surface area contributed by atoms with E-state index in [1.807, 2.05) is 98.9 Å². The fraction of sp³-hybridized carbons (Fsp3) is 0.0930. The zero-order valence-electron chi connectivity index (χ0n) is 84.7. The van der Waals surface area contributed by atoms with Crippen molar-refractivity contribution in [3.8, 4) is 44.5 Å². The Morgan fingerprint density at radius 3 is 0.856 bits per heavy atom. The fourth-order valence-electron chi connectivity index (χ4n) is 12.7. The molecule has 17 rings (SSSR count). The molecule has 90 heavy (non-hydrogen) atoms. The van der Waals surface area contributed by atoms with Crippen molar-refractivity contribution in [3.63, 3.8) is 0 Å². The number of nitrogens with zero attached hydrogens (tertiary/aromatic N) is 4. The SMILES string of the molecule is [2H]c1c([2H])c([2H])c(-c2c([2H])c([2H])c([2H])c([2H])c2N(c2c([2H])c([2H])c([2H])c([2H])c2-c2c([2H])c([2H])c([2H])c([2H])c2[2H])c2ccc3c4cc5c(cc4n4c6ccc(C(C)(C)C)cc6c2c34)c2ccc(N(c3c([2H])c([2H])c([2H])c([2H])c3-c3c([2H])c([2H])c([2H])c([2H])c3[2H])c3c([2H])c([2H])c([2H])c([2H])c3-c3c([2H])c([2H])c([2H])c([2H])c3[2H])c3c4cc(C(C)(C)C)ccc4n5c23)c([2H])c1[2H]. The Labute approximate surface area is 575 Å². The van der Waals surface area contributed by atoms with Crippen molar-refractivity contribution in [1.29, 1.82) is 0 Å². The molecule has 4 heterocycles. The third kappa shape index (κ3) is 8.21. The standard InChI is InChI=1S/C86H66N4/c1-85(2,3)59-43-47-75-69(51-59)81-77(87(71-39-23-19-35-61(71)55-27-11-7-12-28-55)72-40-24-20-36-62(72)56-29-13-8-14-30-56)49-45-65-67-54-80-68(53-79(67)89(75)83(65)81)66-46-50-78(82-70-52-60(86(4,5)6)44-48-76(70)90(80)84(66)82)88(73-41-25-21-37-63(73)57-31-15-9-16-32-57)74-42-26-22-38-64(74)58-33-17-10-18-34-58/h7-54H,1-6H3/i7D,8D,9D,10D,11D,12D,13D,14D,15D,16D,17D,18D,19D,20D,21D,22D,23D,24D,25D,26D,27D,28D,29D,30D,31D,32D,33D,34D,35D,36D,37D,38D,39D,40D,41D,42D. The van der Waals surface area contributed by atoms with Crippen molar-refractivity contribution in [2.75, 3.05) is 9.80 Å². The summed E-state index contributed by atoms with van der Waals surface area (Å²) < 4.78 is 342. The maximum absolute atomic E-state index is 10.2. The molecule has 0 spiro atoms. The first-order chi connectivity index (χ1) is 58.9. The van der Waals surface area contributed by atoms with Crippen LogP contribution in [0.5, 0.6) is 0 Å². The second-order valence-corrected chi connectivity index (χ2v) is 23.8. The molecule has 0 aliphatic heterocycles. The molecular formula is C86H66N4. The fourth-order valence-corrected chi connectivity index (χ4v) is 12.7. The molecule has 0 bridgehead atoms. The Morgan fingerprint density at radius 1 is 0.267 bits per heavy atom. The lowest BCUT2D eigenvalue weighted by Crippen LogP contribution is -2.13. The second kappa shape index (κ2) is 20.3. The van der Waals surface area contributed by atoms with Crippen LogP contribution in [-0.2, 0) is 10.8 Å². The van der Waals surface area contributed by atoms with E-state index in [4.69, 9.17) is 16.4 Å². The van der Waals surface area contributed by atoms with Gasteiger partial charge in [-0.3, -0.25) is 0 Å². The molecule has 0 aliphatic carbocycles. The van der Waals surface area contributed by atoms with E-state index in [9.17, 15) is 32.9 Å². The molecule has 0 amide bonds. The number of hydrogen-bond donors (Lipinski definition) is 0. The van der Waals surface area contributed by atoms with Gasteiger partial charge in [0.05, 0.1) is 117 Å². The summed E-state index contributed by atoms with van der Waals surface area (Å²) in [5, 5.41) is 2.74. The van der Waals surface area contributed by atoms with Crippen LogP contribution in [0.1, 0.15) is 102 Å². The van der Waals surface area contributed by atoms with Gasteiger partial charge in [-0.1, -0.05) is 259 Å². The molecule has 17 aromatic rings. The minimum atomic E-state index is -1.02. The third-order valence-corrected chi connectivity index (χ3v) is 16.7. The first-order valence-corrected chi connectivity index (χ1v) is 28.6. The normalized spacial score (nSPS) is 17.9. The average Bonchev–Trinajstić information content (AvgIpc) is 1.47. The van der Waals surface area contributed by atoms with Gasteiger partial charge in [0.1, 0.15) is 0 Å². The van der Waals surface area contributed by atoms with Gasteiger partial charge in [-0.25, -0.2) is 0 Å². The minimum absolute atomic E-state index is 0.154. The van der Waals surface area contributed by atoms with E-state index in [1.165, 1.54) is 12.1 Å². The summed E-state index contributed by atoms with van der Waals surface area (Å²) in [7, 11) is 0. The molecule has 4 nitrogen and oxygen atoms in total. The van der Waals surface area contributed by atoms with E-state index >= 15 is 0 Å². The maximum Gasteiger partial charge on any atom is 0.0645 e. The van der Waals surface area contributed by atoms with Crippen LogP contribution in [0.2, 0.25) is 0 Å². The van der Waals surface area contributed by atoms with Crippen LogP contribution in [-0.4, -0.2) is 8.80 Å². The zero-order valence-corrected chi connectivity index (χ0v) is 48.7. The van der Waals surface area contributed by atoms with Gasteiger partial charge in [-0.15, -0.1) is 0 Å². The van der Waals surface area contributed by atoms with E-state index in [0.717, 1.165) is 9.80 Å². The molecule has 4 aromatic heterocycles. The minimum Gasteiger partial charge on any atom is -0.309 e. The van der Waals surface area contributed by atoms with Gasteiger partial charge in [0.15, 0.2) is 0 Å². The maximum atomic E-state index is 10.2. The van der Waals surface area contributed by atoms with E-state index in [1.54, 1.807) is 12.1 Å². The van der Waals surface area contributed by atoms with Crippen molar-refractivity contribution in [3.05, 3.63) is 301 Å². The van der Waals surface area contributed by atoms with Crippen molar-refractivity contribution < 1.29 is 49.3 Å². The molecule has 0 saturated carbocycles.